The molecule has 8 fully saturated rings. The Kier molecular flexibility index (Phi) is 18.4. The number of aliphatic hydroxyl groups excluding tert-OH is 13. The van der Waals surface area contributed by atoms with Crippen LogP contribution in [0, 0.1) is 50.2 Å². The van der Waals surface area contributed by atoms with Crippen LogP contribution in [0.4, 0.5) is 0 Å². The lowest BCUT2D eigenvalue weighted by Crippen LogP contribution is -2.70. The van der Waals surface area contributed by atoms with Crippen LogP contribution in [0.15, 0.2) is 23.3 Å². The summed E-state index contributed by atoms with van der Waals surface area (Å²) in [4.78, 5) is 26.6. The number of hydrogen-bond acceptors (Lipinski definition) is 24. The van der Waals surface area contributed by atoms with Gasteiger partial charge in [0.05, 0.1) is 50.7 Å². The van der Waals surface area contributed by atoms with Crippen molar-refractivity contribution in [3.8, 4) is 0 Å². The molecular weight excluding hydrogens is 1080 g/mol. The Bertz CT molecular complexity index is 2350. The van der Waals surface area contributed by atoms with E-state index in [1.165, 1.54) is 0 Å². The van der Waals surface area contributed by atoms with Crippen molar-refractivity contribution in [1.29, 1.82) is 0 Å². The van der Waals surface area contributed by atoms with Crippen LogP contribution in [0.5, 0.6) is 0 Å². The highest BCUT2D eigenvalue weighted by Crippen LogP contribution is 2.76. The van der Waals surface area contributed by atoms with Crippen molar-refractivity contribution in [1.82, 2.24) is 0 Å². The summed E-state index contributed by atoms with van der Waals surface area (Å²) in [5.41, 5.74) is -2.63. The van der Waals surface area contributed by atoms with Gasteiger partial charge in [-0.2, -0.15) is 0 Å². The van der Waals surface area contributed by atoms with E-state index in [0.29, 0.717) is 50.5 Å². The minimum absolute atomic E-state index is 0.0405. The number of carboxylic acid groups (broad SMARTS) is 1. The minimum Gasteiger partial charge on any atom is -0.479 e. The molecule has 9 rings (SSSR count). The van der Waals surface area contributed by atoms with Gasteiger partial charge in [-0.05, 0) is 105 Å². The molecule has 9 aliphatic rings. The number of rotatable bonds is 14. The number of aliphatic carboxylic acids is 1. The van der Waals surface area contributed by atoms with Gasteiger partial charge in [-0.15, -0.1) is 0 Å². The molecule has 0 spiro atoms. The quantitative estimate of drug-likeness (QED) is 0.0396. The lowest BCUT2D eigenvalue weighted by Gasteiger charge is -2.72. The van der Waals surface area contributed by atoms with E-state index < -0.39 is 194 Å². The van der Waals surface area contributed by atoms with Crippen LogP contribution in [-0.4, -0.2) is 245 Å². The SMILES string of the molecule is C/C=C(/C)C(=O)O[C@H]1CC(C)(C)C[C@H]2C3=CC[C@@H]4[C@@]5(C)CC[C@H](O[C@@H]6O[C@H](C(=O)O)[C@@H](O)[C@H](O[C@@H]7OC[C@H](O)[C@H](O)[C@H]7O[C@@H]7OC[C@@H](O)[C@H](O)[C@H]7O)[C@H]6O[C@@H]6O[C@H](CO)[C@H](O)[C@H](O)[C@H]6O)[C@@](C)(CO)[C@@H]5CC[C@@]4(C)[C@]3(C)C[C@@H](O)[C@@]12CO. The maximum Gasteiger partial charge on any atom is 0.335 e. The maximum atomic E-state index is 13.4. The maximum absolute atomic E-state index is 13.4. The summed E-state index contributed by atoms with van der Waals surface area (Å²) < 4.78 is 54.7. The lowest BCUT2D eigenvalue weighted by molar-refractivity contribution is -0.400. The normalized spacial score (nSPS) is 52.3. The zero-order chi connectivity index (χ0) is 60.1. The van der Waals surface area contributed by atoms with Gasteiger partial charge in [0.15, 0.2) is 31.3 Å². The molecule has 0 radical (unpaired) electrons. The third-order valence-corrected chi connectivity index (χ3v) is 21.9. The van der Waals surface area contributed by atoms with E-state index >= 15 is 0 Å². The average molecular weight is 1180 g/mol. The fourth-order valence-corrected chi connectivity index (χ4v) is 16.8. The molecule has 0 amide bonds. The molecule has 4 saturated carbocycles. The summed E-state index contributed by atoms with van der Waals surface area (Å²) in [7, 11) is 0. The second-order valence-corrected chi connectivity index (χ2v) is 26.9. The predicted octanol–water partition coefficient (Wildman–Crippen LogP) is -1.76. The number of carbonyl (C=O) groups excluding carboxylic acids is 1. The van der Waals surface area contributed by atoms with Crippen molar-refractivity contribution in [2.45, 2.75) is 236 Å². The van der Waals surface area contributed by atoms with Crippen LogP contribution in [0.2, 0.25) is 0 Å². The molecule has 0 aromatic heterocycles. The fourth-order valence-electron chi connectivity index (χ4n) is 16.8. The summed E-state index contributed by atoms with van der Waals surface area (Å²) >= 11 is 0. The number of carboxylic acids is 1. The van der Waals surface area contributed by atoms with Crippen LogP contribution in [0.1, 0.15) is 107 Å². The fraction of sp³-hybridized carbons (Fsp3) is 0.895. The third kappa shape index (κ3) is 10.5. The van der Waals surface area contributed by atoms with Crippen LogP contribution < -0.4 is 0 Å². The molecule has 0 unspecified atom stereocenters. The Morgan fingerprint density at radius 3 is 1.91 bits per heavy atom. The molecule has 4 aliphatic heterocycles. The summed E-state index contributed by atoms with van der Waals surface area (Å²) in [5, 5.41) is 155. The van der Waals surface area contributed by atoms with Crippen LogP contribution >= 0.6 is 0 Å². The Morgan fingerprint density at radius 2 is 1.28 bits per heavy atom. The minimum atomic E-state index is -2.24. The third-order valence-electron chi connectivity index (χ3n) is 21.9. The van der Waals surface area contributed by atoms with E-state index in [2.05, 4.69) is 40.7 Å². The molecule has 25 heteroatoms. The summed E-state index contributed by atoms with van der Waals surface area (Å²) in [6, 6.07) is 0. The van der Waals surface area contributed by atoms with Crippen LogP contribution in [0.25, 0.3) is 0 Å². The smallest absolute Gasteiger partial charge is 0.335 e. The molecule has 25 nitrogen and oxygen atoms in total. The predicted molar refractivity (Wildman–Crippen MR) is 279 cm³/mol. The van der Waals surface area contributed by atoms with Crippen LogP contribution in [-0.2, 0) is 52.2 Å². The first-order valence-corrected chi connectivity index (χ1v) is 29.0. The van der Waals surface area contributed by atoms with Gasteiger partial charge in [0.25, 0.3) is 0 Å². The summed E-state index contributed by atoms with van der Waals surface area (Å²) in [5.74, 6) is -2.87. The van der Waals surface area contributed by atoms with E-state index in [0.717, 1.165) is 5.57 Å². The standard InChI is InChI=1S/C57H90O25/c1-9-24(2)47(73)77-34-18-52(3,4)16-26-25-10-11-31-53(5)14-13-33(54(6,22-59)30(53)12-15-55(31,7)56(25,8)17-32(63)57(26,34)23-60)78-51-45(82-49-40(69)38(67)37(66)29(19-58)76-49)42(41(70)43(80-51)46(71)72)79-50-44(36(65)28(62)21-75-50)81-48-39(68)35(64)27(61)20-74-48/h9-10,26-45,48-51,58-70H,11-23H2,1-8H3,(H,71,72)/b24-9-/t26-,27+,28-,29+,30+,31+,32+,33-,34-,35-,36-,37-,38-,39+,40+,41-,42-,43-,44+,45+,48-,49-,50-,51+,53-,54-,55+,56+,57-/m0/s1. The number of hydrogen-bond donors (Lipinski definition) is 14. The average Bonchev–Trinajstić information content (AvgIpc) is 0.800. The van der Waals surface area contributed by atoms with Gasteiger partial charge >= 0.3 is 11.9 Å². The molecule has 4 heterocycles. The molecule has 468 valence electrons. The number of fused-ring (bicyclic) bond motifs is 7. The second kappa shape index (κ2) is 23.6. The molecule has 14 N–H and O–H groups in total. The van der Waals surface area contributed by atoms with Crippen molar-refractivity contribution >= 4 is 11.9 Å². The van der Waals surface area contributed by atoms with Gasteiger partial charge in [0.1, 0.15) is 85.5 Å². The van der Waals surface area contributed by atoms with Crippen molar-refractivity contribution in [2.75, 3.05) is 33.0 Å². The van der Waals surface area contributed by atoms with Gasteiger partial charge in [-0.3, -0.25) is 0 Å². The Hall–Kier alpha value is -2.42. The van der Waals surface area contributed by atoms with Gasteiger partial charge in [-0.25, -0.2) is 9.59 Å². The highest BCUT2D eigenvalue weighted by Gasteiger charge is 2.73. The van der Waals surface area contributed by atoms with Crippen molar-refractivity contribution in [2.24, 2.45) is 50.2 Å². The molecule has 82 heavy (non-hydrogen) atoms. The first-order chi connectivity index (χ1) is 38.4. The molecule has 4 saturated heterocycles. The first-order valence-electron chi connectivity index (χ1n) is 29.0. The highest BCUT2D eigenvalue weighted by molar-refractivity contribution is 5.87. The van der Waals surface area contributed by atoms with Crippen LogP contribution in [0.3, 0.4) is 0 Å². The Morgan fingerprint density at radius 1 is 0.646 bits per heavy atom. The molecular formula is C57H90O25. The molecule has 0 aromatic rings. The van der Waals surface area contributed by atoms with Crippen molar-refractivity contribution in [3.05, 3.63) is 23.3 Å². The number of ether oxygens (including phenoxy) is 9. The Labute approximate surface area is 476 Å². The second-order valence-electron chi connectivity index (χ2n) is 26.9. The van der Waals surface area contributed by atoms with E-state index in [9.17, 15) is 81.1 Å². The van der Waals surface area contributed by atoms with Gasteiger partial charge < -0.3 is 114 Å². The van der Waals surface area contributed by atoms with Gasteiger partial charge in [0, 0.05) is 11.0 Å². The van der Waals surface area contributed by atoms with E-state index in [4.69, 9.17) is 42.6 Å². The zero-order valence-corrected chi connectivity index (χ0v) is 48.0. The largest absolute Gasteiger partial charge is 0.479 e. The number of esters is 1. The van der Waals surface area contributed by atoms with Crippen molar-refractivity contribution < 1.29 is 124 Å². The topological polar surface area (TPSA) is 400 Å². The zero-order valence-electron chi connectivity index (χ0n) is 48.0. The van der Waals surface area contributed by atoms with E-state index in [-0.39, 0.29) is 36.2 Å². The van der Waals surface area contributed by atoms with E-state index in [1.54, 1.807) is 19.9 Å². The van der Waals surface area contributed by atoms with E-state index in [1.807, 2.05) is 6.92 Å². The lowest BCUT2D eigenvalue weighted by atomic mass is 9.33. The first kappa shape index (κ1) is 64.1. The van der Waals surface area contributed by atoms with Crippen molar-refractivity contribution in [3.63, 3.8) is 0 Å². The number of allylic oxidation sites excluding steroid dienone is 3. The van der Waals surface area contributed by atoms with Gasteiger partial charge in [-0.1, -0.05) is 59.3 Å². The highest BCUT2D eigenvalue weighted by atomic mass is 16.8. The summed E-state index contributed by atoms with van der Waals surface area (Å²) in [6.45, 7) is 13.4. The monoisotopic (exact) mass is 1170 g/mol. The molecule has 5 aliphatic carbocycles. The Balaban J connectivity index is 1.04. The molecule has 0 aromatic carbocycles. The summed E-state index contributed by atoms with van der Waals surface area (Å²) in [6.07, 6.45) is -28.9. The van der Waals surface area contributed by atoms with Gasteiger partial charge in [0.2, 0.25) is 0 Å². The number of aliphatic hydroxyl groups is 13. The number of carbonyl (C=O) groups is 2. The molecule has 29 atom stereocenters. The molecule has 0 bridgehead atoms.